The van der Waals surface area contributed by atoms with Crippen LogP contribution in [0.5, 0.6) is 0 Å². The van der Waals surface area contributed by atoms with Crippen molar-refractivity contribution in [2.75, 3.05) is 6.54 Å². The van der Waals surface area contributed by atoms with E-state index >= 15 is 0 Å². The van der Waals surface area contributed by atoms with E-state index in [1.54, 1.807) is 36.5 Å². The number of aryl methyl sites for hydroxylation is 1. The molecule has 0 radical (unpaired) electrons. The van der Waals surface area contributed by atoms with Crippen LogP contribution in [0.15, 0.2) is 40.6 Å². The van der Waals surface area contributed by atoms with Gasteiger partial charge in [0.1, 0.15) is 0 Å². The molecule has 1 saturated carbocycles. The molecule has 2 aromatic rings. The summed E-state index contributed by atoms with van der Waals surface area (Å²) in [5.41, 5.74) is 1.29. The standard InChI is InChI=1S/C22H26N2O4S2/c1-15-8-9-16(14-24-21(25)18-6-2-3-7-19(18)22(24)26)13-20(15)30(27,28)23-11-10-17-5-4-12-29-17/h4-5,8-9,12-13,18-19,23H,2-3,6-7,10-11,14H2,1H3/t18-,19+. The summed E-state index contributed by atoms with van der Waals surface area (Å²) < 4.78 is 28.4. The Labute approximate surface area is 181 Å². The van der Waals surface area contributed by atoms with Crippen molar-refractivity contribution in [3.8, 4) is 0 Å². The molecule has 0 bridgehead atoms. The fraction of sp³-hybridized carbons (Fsp3) is 0.455. The average Bonchev–Trinajstić information content (AvgIpc) is 3.32. The number of rotatable bonds is 7. The van der Waals surface area contributed by atoms with E-state index in [0.717, 1.165) is 30.6 Å². The molecule has 1 aromatic carbocycles. The predicted molar refractivity (Wildman–Crippen MR) is 115 cm³/mol. The monoisotopic (exact) mass is 446 g/mol. The Morgan fingerprint density at radius 3 is 2.43 bits per heavy atom. The lowest BCUT2D eigenvalue weighted by molar-refractivity contribution is -0.140. The zero-order valence-corrected chi connectivity index (χ0v) is 18.6. The number of hydrogen-bond acceptors (Lipinski definition) is 5. The summed E-state index contributed by atoms with van der Waals surface area (Å²) in [6.45, 7) is 2.19. The Kier molecular flexibility index (Phi) is 6.09. The molecule has 1 aliphatic carbocycles. The minimum atomic E-state index is -3.68. The van der Waals surface area contributed by atoms with Gasteiger partial charge >= 0.3 is 0 Å². The van der Waals surface area contributed by atoms with Gasteiger partial charge in [-0.2, -0.15) is 0 Å². The number of fused-ring (bicyclic) bond motifs is 1. The van der Waals surface area contributed by atoms with E-state index in [2.05, 4.69) is 4.72 Å². The number of hydrogen-bond donors (Lipinski definition) is 1. The fourth-order valence-corrected chi connectivity index (χ4v) is 6.48. The van der Waals surface area contributed by atoms with Gasteiger partial charge in [-0.15, -0.1) is 11.3 Å². The molecular formula is C22H26N2O4S2. The molecule has 8 heteroatoms. The average molecular weight is 447 g/mol. The molecular weight excluding hydrogens is 420 g/mol. The lowest BCUT2D eigenvalue weighted by Gasteiger charge is -2.19. The minimum Gasteiger partial charge on any atom is -0.278 e. The Morgan fingerprint density at radius 2 is 1.80 bits per heavy atom. The van der Waals surface area contributed by atoms with E-state index < -0.39 is 10.0 Å². The van der Waals surface area contributed by atoms with E-state index in [1.807, 2.05) is 17.5 Å². The molecule has 6 nitrogen and oxygen atoms in total. The highest BCUT2D eigenvalue weighted by atomic mass is 32.2. The number of carbonyl (C=O) groups is 2. The molecule has 0 unspecified atom stereocenters. The van der Waals surface area contributed by atoms with Crippen LogP contribution in [-0.4, -0.2) is 31.7 Å². The minimum absolute atomic E-state index is 0.108. The summed E-state index contributed by atoms with van der Waals surface area (Å²) in [6.07, 6.45) is 4.15. The second-order valence-corrected chi connectivity index (χ2v) is 10.9. The molecule has 2 amide bonds. The number of nitrogens with zero attached hydrogens (tertiary/aromatic N) is 1. The van der Waals surface area contributed by atoms with Gasteiger partial charge in [0.05, 0.1) is 23.3 Å². The zero-order valence-electron chi connectivity index (χ0n) is 17.0. The van der Waals surface area contributed by atoms with Gasteiger partial charge in [0.2, 0.25) is 21.8 Å². The van der Waals surface area contributed by atoms with Gasteiger partial charge in [-0.05, 0) is 54.8 Å². The van der Waals surface area contributed by atoms with Gasteiger partial charge in [-0.1, -0.05) is 31.0 Å². The Hall–Kier alpha value is -2.03. The van der Waals surface area contributed by atoms with Crippen LogP contribution in [0.25, 0.3) is 0 Å². The molecule has 1 aromatic heterocycles. The second-order valence-electron chi connectivity index (χ2n) is 8.09. The van der Waals surface area contributed by atoms with Gasteiger partial charge in [0.25, 0.3) is 0 Å². The van der Waals surface area contributed by atoms with Gasteiger partial charge in [0, 0.05) is 11.4 Å². The van der Waals surface area contributed by atoms with Crippen molar-refractivity contribution in [2.45, 2.75) is 50.5 Å². The van der Waals surface area contributed by atoms with Crippen LogP contribution in [0.4, 0.5) is 0 Å². The van der Waals surface area contributed by atoms with E-state index in [4.69, 9.17) is 0 Å². The molecule has 1 N–H and O–H groups in total. The smallest absolute Gasteiger partial charge is 0.240 e. The second kappa shape index (κ2) is 8.61. The highest BCUT2D eigenvalue weighted by Crippen LogP contribution is 2.38. The Balaban J connectivity index is 1.49. The third-order valence-electron chi connectivity index (χ3n) is 6.06. The molecule has 1 aliphatic heterocycles. The Bertz CT molecular complexity index is 1020. The van der Waals surface area contributed by atoms with Gasteiger partial charge in [0.15, 0.2) is 0 Å². The summed E-state index contributed by atoms with van der Waals surface area (Å²) >= 11 is 1.60. The quantitative estimate of drug-likeness (QED) is 0.662. The molecule has 160 valence electrons. The first-order valence-corrected chi connectivity index (χ1v) is 12.7. The number of sulfonamides is 1. The first kappa shape index (κ1) is 21.2. The van der Waals surface area contributed by atoms with E-state index in [9.17, 15) is 18.0 Å². The van der Waals surface area contributed by atoms with Gasteiger partial charge in [-0.3, -0.25) is 14.5 Å². The Morgan fingerprint density at radius 1 is 1.10 bits per heavy atom. The lowest BCUT2D eigenvalue weighted by atomic mass is 9.81. The van der Waals surface area contributed by atoms with Crippen molar-refractivity contribution in [1.82, 2.24) is 9.62 Å². The summed E-state index contributed by atoms with van der Waals surface area (Å²) in [5.74, 6) is -0.606. The lowest BCUT2D eigenvalue weighted by Crippen LogP contribution is -2.31. The number of likely N-dealkylation sites (tertiary alicyclic amines) is 1. The third kappa shape index (κ3) is 4.22. The molecule has 30 heavy (non-hydrogen) atoms. The van der Waals surface area contributed by atoms with Crippen LogP contribution >= 0.6 is 11.3 Å². The van der Waals surface area contributed by atoms with Crippen LogP contribution in [0.3, 0.4) is 0 Å². The molecule has 2 aliphatic rings. The van der Waals surface area contributed by atoms with Crippen molar-refractivity contribution in [3.05, 3.63) is 51.7 Å². The molecule has 1 saturated heterocycles. The van der Waals surface area contributed by atoms with Crippen LogP contribution in [-0.2, 0) is 32.6 Å². The maximum Gasteiger partial charge on any atom is 0.240 e. The van der Waals surface area contributed by atoms with Gasteiger partial charge in [-0.25, -0.2) is 13.1 Å². The van der Waals surface area contributed by atoms with Crippen LogP contribution < -0.4 is 4.72 Å². The maximum atomic E-state index is 12.8. The van der Waals surface area contributed by atoms with Crippen LogP contribution in [0.2, 0.25) is 0 Å². The number of amides is 2. The third-order valence-corrected chi connectivity index (χ3v) is 8.60. The van der Waals surface area contributed by atoms with Crippen LogP contribution in [0, 0.1) is 18.8 Å². The molecule has 2 atom stereocenters. The SMILES string of the molecule is Cc1ccc(CN2C(=O)[C@H]3CCCC[C@H]3C2=O)cc1S(=O)(=O)NCCc1cccs1. The van der Waals surface area contributed by atoms with E-state index in [1.165, 1.54) is 4.90 Å². The molecule has 0 spiro atoms. The van der Waals surface area contributed by atoms with Crippen molar-refractivity contribution >= 4 is 33.2 Å². The highest BCUT2D eigenvalue weighted by Gasteiger charge is 2.47. The topological polar surface area (TPSA) is 83.6 Å². The fourth-order valence-electron chi connectivity index (χ4n) is 4.44. The predicted octanol–water partition coefficient (Wildman–Crippen LogP) is 3.25. The molecule has 4 rings (SSSR count). The van der Waals surface area contributed by atoms with Crippen molar-refractivity contribution in [2.24, 2.45) is 11.8 Å². The first-order valence-electron chi connectivity index (χ1n) is 10.3. The largest absolute Gasteiger partial charge is 0.278 e. The summed E-state index contributed by atoms with van der Waals surface area (Å²) in [5, 5.41) is 1.97. The number of carbonyl (C=O) groups excluding carboxylic acids is 2. The number of imide groups is 1. The summed E-state index contributed by atoms with van der Waals surface area (Å²) in [7, 11) is -3.68. The maximum absolute atomic E-state index is 12.8. The normalized spacial score (nSPS) is 21.8. The number of nitrogens with one attached hydrogen (secondary N) is 1. The summed E-state index contributed by atoms with van der Waals surface area (Å²) in [4.78, 5) is 28.1. The summed E-state index contributed by atoms with van der Waals surface area (Å²) in [6, 6.07) is 9.04. The first-order chi connectivity index (χ1) is 14.4. The number of benzene rings is 1. The van der Waals surface area contributed by atoms with Gasteiger partial charge < -0.3 is 0 Å². The zero-order chi connectivity index (χ0) is 21.3. The van der Waals surface area contributed by atoms with Crippen molar-refractivity contribution < 1.29 is 18.0 Å². The number of thiophene rings is 1. The highest BCUT2D eigenvalue weighted by molar-refractivity contribution is 7.89. The molecule has 2 fully saturated rings. The molecule has 2 heterocycles. The van der Waals surface area contributed by atoms with E-state index in [-0.39, 0.29) is 35.1 Å². The van der Waals surface area contributed by atoms with Crippen LogP contribution in [0.1, 0.15) is 41.7 Å². The van der Waals surface area contributed by atoms with Crippen molar-refractivity contribution in [3.63, 3.8) is 0 Å². The van der Waals surface area contributed by atoms with E-state index in [0.29, 0.717) is 24.1 Å². The van der Waals surface area contributed by atoms with Crippen molar-refractivity contribution in [1.29, 1.82) is 0 Å².